The van der Waals surface area contributed by atoms with Crippen LogP contribution in [-0.2, 0) is 9.59 Å². The number of carbonyl (C=O) groups is 2. The van der Waals surface area contributed by atoms with E-state index in [-0.39, 0.29) is 11.8 Å². The lowest BCUT2D eigenvalue weighted by Gasteiger charge is -2.16. The molecule has 0 aliphatic carbocycles. The Morgan fingerprint density at radius 3 is 2.40 bits per heavy atom. The minimum Gasteiger partial charge on any atom is -0.378 e. The van der Waals surface area contributed by atoms with Crippen molar-refractivity contribution in [2.45, 2.75) is 0 Å². The normalized spacial score (nSPS) is 17.2. The number of hydrogen-bond acceptors (Lipinski definition) is 4. The molecule has 0 atom stereocenters. The summed E-state index contributed by atoms with van der Waals surface area (Å²) in [6, 6.07) is 16.6. The van der Waals surface area contributed by atoms with Gasteiger partial charge in [-0.1, -0.05) is 46.3 Å². The first-order valence-corrected chi connectivity index (χ1v) is 8.69. The van der Waals surface area contributed by atoms with E-state index in [0.29, 0.717) is 35.8 Å². The van der Waals surface area contributed by atoms with Gasteiger partial charge < -0.3 is 5.32 Å². The van der Waals surface area contributed by atoms with E-state index in [9.17, 15) is 9.59 Å². The number of carbonyl (C=O) groups excluding carboxylic acids is 2. The molecule has 0 bridgehead atoms. The molecule has 1 N–H and O–H groups in total. The van der Waals surface area contributed by atoms with E-state index < -0.39 is 0 Å². The summed E-state index contributed by atoms with van der Waals surface area (Å²) in [4.78, 5) is 31.7. The molecule has 2 heterocycles. The third-order valence-electron chi connectivity index (χ3n) is 4.14. The molecule has 25 heavy (non-hydrogen) atoms. The van der Waals surface area contributed by atoms with Crippen molar-refractivity contribution in [1.82, 2.24) is 5.32 Å². The minimum absolute atomic E-state index is 0.327. The summed E-state index contributed by atoms with van der Waals surface area (Å²) in [5.74, 6) is -0.688. The third-order valence-corrected chi connectivity index (χ3v) is 4.66. The van der Waals surface area contributed by atoms with Gasteiger partial charge >= 0.3 is 0 Å². The lowest BCUT2D eigenvalue weighted by molar-refractivity contribution is -0.120. The van der Waals surface area contributed by atoms with Crippen molar-refractivity contribution in [2.24, 2.45) is 4.99 Å². The summed E-state index contributed by atoms with van der Waals surface area (Å²) in [5, 5.41) is 3.08. The molecule has 0 spiro atoms. The SMILES string of the molecule is O=C1C2=C(C(=O)N1c1ccc(Br)cc1)C(c1ccccc1)=NCCN2. The van der Waals surface area contributed by atoms with Crippen LogP contribution in [0.5, 0.6) is 0 Å². The molecule has 124 valence electrons. The van der Waals surface area contributed by atoms with E-state index in [0.717, 1.165) is 10.0 Å². The molecule has 0 unspecified atom stereocenters. The van der Waals surface area contributed by atoms with E-state index in [1.54, 1.807) is 24.3 Å². The van der Waals surface area contributed by atoms with Crippen molar-refractivity contribution >= 4 is 39.1 Å². The largest absolute Gasteiger partial charge is 0.378 e. The molecule has 0 radical (unpaired) electrons. The smallest absolute Gasteiger partial charge is 0.282 e. The van der Waals surface area contributed by atoms with Gasteiger partial charge in [-0.05, 0) is 24.3 Å². The Kier molecular flexibility index (Phi) is 3.97. The highest BCUT2D eigenvalue weighted by atomic mass is 79.9. The van der Waals surface area contributed by atoms with Crippen molar-refractivity contribution in [3.63, 3.8) is 0 Å². The van der Waals surface area contributed by atoms with Crippen LogP contribution in [0.2, 0.25) is 0 Å². The average molecular weight is 396 g/mol. The Labute approximate surface area is 153 Å². The van der Waals surface area contributed by atoms with Gasteiger partial charge in [0.1, 0.15) is 5.70 Å². The Balaban J connectivity index is 1.80. The number of rotatable bonds is 2. The molecular weight excluding hydrogens is 382 g/mol. The van der Waals surface area contributed by atoms with E-state index in [1.807, 2.05) is 30.3 Å². The van der Waals surface area contributed by atoms with Crippen LogP contribution >= 0.6 is 15.9 Å². The molecule has 4 rings (SSSR count). The highest BCUT2D eigenvalue weighted by Crippen LogP contribution is 2.30. The van der Waals surface area contributed by atoms with Gasteiger partial charge in [-0.3, -0.25) is 14.6 Å². The number of nitrogens with one attached hydrogen (secondary N) is 1. The van der Waals surface area contributed by atoms with Crippen molar-refractivity contribution in [2.75, 3.05) is 18.0 Å². The molecule has 2 aliphatic heterocycles. The summed E-state index contributed by atoms with van der Waals surface area (Å²) in [6.07, 6.45) is 0. The molecule has 2 aliphatic rings. The molecule has 2 aromatic rings. The lowest BCUT2D eigenvalue weighted by atomic mass is 10.0. The zero-order chi connectivity index (χ0) is 17.4. The van der Waals surface area contributed by atoms with Crippen molar-refractivity contribution in [3.8, 4) is 0 Å². The predicted molar refractivity (Wildman–Crippen MR) is 99.5 cm³/mol. The first kappa shape index (κ1) is 15.8. The number of hydrogen-bond donors (Lipinski definition) is 1. The molecule has 2 amide bonds. The first-order chi connectivity index (χ1) is 12.2. The average Bonchev–Trinajstić information content (AvgIpc) is 2.80. The van der Waals surface area contributed by atoms with Crippen molar-refractivity contribution in [3.05, 3.63) is 75.9 Å². The minimum atomic E-state index is -0.348. The number of imide groups is 1. The monoisotopic (exact) mass is 395 g/mol. The van der Waals surface area contributed by atoms with Crippen LogP contribution in [0, 0.1) is 0 Å². The second-order valence-electron chi connectivity index (χ2n) is 5.70. The van der Waals surface area contributed by atoms with E-state index in [4.69, 9.17) is 0 Å². The molecule has 0 aromatic heterocycles. The third kappa shape index (κ3) is 2.68. The maximum Gasteiger partial charge on any atom is 0.282 e. The highest BCUT2D eigenvalue weighted by Gasteiger charge is 2.42. The maximum absolute atomic E-state index is 13.1. The van der Waals surface area contributed by atoms with Gasteiger partial charge in [0, 0.05) is 16.6 Å². The number of aliphatic imine (C=N–C) groups is 1. The van der Waals surface area contributed by atoms with E-state index in [2.05, 4.69) is 26.2 Å². The van der Waals surface area contributed by atoms with E-state index >= 15 is 0 Å². The Bertz CT molecular complexity index is 917. The number of amides is 2. The van der Waals surface area contributed by atoms with Gasteiger partial charge in [-0.15, -0.1) is 0 Å². The summed E-state index contributed by atoms with van der Waals surface area (Å²) in [6.45, 7) is 1.03. The van der Waals surface area contributed by atoms with Gasteiger partial charge in [0.05, 0.1) is 23.5 Å². The standard InChI is InChI=1S/C19H14BrN3O2/c20-13-6-8-14(9-7-13)23-18(24)15-16(12-4-2-1-3-5-12)21-10-11-22-17(15)19(23)25/h1-9,22H,10-11H2. The van der Waals surface area contributed by atoms with Crippen molar-refractivity contribution < 1.29 is 9.59 Å². The number of nitrogens with zero attached hydrogens (tertiary/aromatic N) is 2. The van der Waals surface area contributed by atoms with Crippen LogP contribution in [0.1, 0.15) is 5.56 Å². The molecule has 2 aromatic carbocycles. The van der Waals surface area contributed by atoms with Gasteiger partial charge in [-0.25, -0.2) is 4.90 Å². The van der Waals surface area contributed by atoms with Crippen LogP contribution in [0.15, 0.2) is 75.3 Å². The summed E-state index contributed by atoms with van der Waals surface area (Å²) in [5.41, 5.74) is 2.61. The van der Waals surface area contributed by atoms with Crippen LogP contribution in [0.25, 0.3) is 0 Å². The molecule has 0 saturated carbocycles. The Morgan fingerprint density at radius 2 is 1.68 bits per heavy atom. The second kappa shape index (κ2) is 6.29. The van der Waals surface area contributed by atoms with E-state index in [1.165, 1.54) is 4.90 Å². The van der Waals surface area contributed by atoms with Crippen molar-refractivity contribution in [1.29, 1.82) is 0 Å². The zero-order valence-corrected chi connectivity index (χ0v) is 14.8. The van der Waals surface area contributed by atoms with Crippen LogP contribution in [0.3, 0.4) is 0 Å². The fourth-order valence-electron chi connectivity index (χ4n) is 3.00. The predicted octanol–water partition coefficient (Wildman–Crippen LogP) is 2.67. The molecule has 5 nitrogen and oxygen atoms in total. The van der Waals surface area contributed by atoms with Gasteiger partial charge in [0.2, 0.25) is 0 Å². The zero-order valence-electron chi connectivity index (χ0n) is 13.2. The quantitative estimate of drug-likeness (QED) is 0.795. The van der Waals surface area contributed by atoms with Gasteiger partial charge in [-0.2, -0.15) is 0 Å². The van der Waals surface area contributed by atoms with Gasteiger partial charge in [0.15, 0.2) is 0 Å². The lowest BCUT2D eigenvalue weighted by Crippen LogP contribution is -2.34. The second-order valence-corrected chi connectivity index (χ2v) is 6.61. The Hall–Kier alpha value is -2.73. The molecule has 0 fully saturated rings. The molecule has 6 heteroatoms. The number of benzene rings is 2. The topological polar surface area (TPSA) is 61.8 Å². The summed E-state index contributed by atoms with van der Waals surface area (Å²) < 4.78 is 0.884. The Morgan fingerprint density at radius 1 is 0.960 bits per heavy atom. The first-order valence-electron chi connectivity index (χ1n) is 7.89. The van der Waals surface area contributed by atoms with Crippen LogP contribution < -0.4 is 10.2 Å². The number of anilines is 1. The maximum atomic E-state index is 13.1. The van der Waals surface area contributed by atoms with Gasteiger partial charge in [0.25, 0.3) is 11.8 Å². The van der Waals surface area contributed by atoms with Crippen LogP contribution in [-0.4, -0.2) is 30.6 Å². The molecular formula is C19H14BrN3O2. The number of halogens is 1. The fraction of sp³-hybridized carbons (Fsp3) is 0.105. The summed E-state index contributed by atoms with van der Waals surface area (Å²) in [7, 11) is 0. The molecule has 0 saturated heterocycles. The van der Waals surface area contributed by atoms with Crippen LogP contribution in [0.4, 0.5) is 5.69 Å². The summed E-state index contributed by atoms with van der Waals surface area (Å²) >= 11 is 3.37. The fourth-order valence-corrected chi connectivity index (χ4v) is 3.26. The highest BCUT2D eigenvalue weighted by molar-refractivity contribution is 9.10.